The maximum absolute atomic E-state index is 5.33. The lowest BCUT2D eigenvalue weighted by Gasteiger charge is -2.27. The molecular weight excluding hydrogens is 214 g/mol. The van der Waals surface area contributed by atoms with Gasteiger partial charge < -0.3 is 14.2 Å². The second kappa shape index (κ2) is 4.59. The van der Waals surface area contributed by atoms with E-state index in [1.165, 1.54) is 0 Å². The number of nitrogens with zero attached hydrogens (tertiary/aromatic N) is 3. The van der Waals surface area contributed by atoms with Gasteiger partial charge in [-0.3, -0.25) is 0 Å². The molecule has 4 nitrogen and oxygen atoms in total. The van der Waals surface area contributed by atoms with E-state index in [2.05, 4.69) is 26.6 Å². The van der Waals surface area contributed by atoms with Gasteiger partial charge in [0.25, 0.3) is 0 Å². The van der Waals surface area contributed by atoms with Gasteiger partial charge >= 0.3 is 0 Å². The first kappa shape index (κ1) is 10.4. The van der Waals surface area contributed by atoms with Crippen molar-refractivity contribution in [2.24, 2.45) is 0 Å². The van der Waals surface area contributed by atoms with Gasteiger partial charge in [0.1, 0.15) is 5.82 Å². The van der Waals surface area contributed by atoms with E-state index in [1.807, 2.05) is 30.7 Å². The molecule has 0 bridgehead atoms. The van der Waals surface area contributed by atoms with Crippen molar-refractivity contribution in [2.45, 2.75) is 0 Å². The highest BCUT2D eigenvalue weighted by molar-refractivity contribution is 5.43. The van der Waals surface area contributed by atoms with Crippen molar-refractivity contribution in [2.75, 3.05) is 31.2 Å². The molecule has 3 heterocycles. The minimum absolute atomic E-state index is 0.793. The maximum atomic E-state index is 5.33. The van der Waals surface area contributed by atoms with Gasteiger partial charge in [0, 0.05) is 25.5 Å². The molecule has 2 aromatic rings. The summed E-state index contributed by atoms with van der Waals surface area (Å²) in [4.78, 5) is 6.76. The van der Waals surface area contributed by atoms with Gasteiger partial charge in [-0.1, -0.05) is 0 Å². The average molecular weight is 229 g/mol. The van der Waals surface area contributed by atoms with Crippen LogP contribution in [0.3, 0.4) is 0 Å². The minimum atomic E-state index is 0.793. The molecule has 1 saturated heterocycles. The van der Waals surface area contributed by atoms with E-state index in [9.17, 15) is 0 Å². The number of aromatic nitrogens is 2. The third kappa shape index (κ3) is 2.17. The molecule has 3 rings (SSSR count). The van der Waals surface area contributed by atoms with Gasteiger partial charge in [-0.2, -0.15) is 0 Å². The van der Waals surface area contributed by atoms with Crippen molar-refractivity contribution in [1.82, 2.24) is 9.55 Å². The quantitative estimate of drug-likeness (QED) is 0.785. The fraction of sp³-hybridized carbons (Fsp3) is 0.308. The van der Waals surface area contributed by atoms with Crippen molar-refractivity contribution in [3.8, 4) is 5.69 Å². The van der Waals surface area contributed by atoms with Crippen LogP contribution in [0.25, 0.3) is 5.69 Å². The predicted molar refractivity (Wildman–Crippen MR) is 66.6 cm³/mol. The fourth-order valence-electron chi connectivity index (χ4n) is 2.02. The van der Waals surface area contributed by atoms with Crippen LogP contribution in [-0.4, -0.2) is 35.9 Å². The Morgan fingerprint density at radius 3 is 2.47 bits per heavy atom. The number of hydrogen-bond donors (Lipinski definition) is 0. The highest BCUT2D eigenvalue weighted by Crippen LogP contribution is 2.15. The highest BCUT2D eigenvalue weighted by Gasteiger charge is 2.11. The van der Waals surface area contributed by atoms with Crippen molar-refractivity contribution in [3.05, 3.63) is 42.9 Å². The van der Waals surface area contributed by atoms with Crippen LogP contribution in [0.1, 0.15) is 0 Å². The topological polar surface area (TPSA) is 30.3 Å². The summed E-state index contributed by atoms with van der Waals surface area (Å²) in [7, 11) is 0. The van der Waals surface area contributed by atoms with Crippen molar-refractivity contribution in [3.63, 3.8) is 0 Å². The van der Waals surface area contributed by atoms with Crippen LogP contribution in [0, 0.1) is 0 Å². The first-order valence-electron chi connectivity index (χ1n) is 5.85. The van der Waals surface area contributed by atoms with E-state index in [0.717, 1.165) is 37.8 Å². The van der Waals surface area contributed by atoms with Crippen LogP contribution in [0.4, 0.5) is 5.82 Å². The zero-order valence-electron chi connectivity index (χ0n) is 9.62. The molecule has 0 atom stereocenters. The molecule has 1 aliphatic rings. The zero-order chi connectivity index (χ0) is 11.5. The van der Waals surface area contributed by atoms with Gasteiger partial charge in [-0.05, 0) is 24.3 Å². The van der Waals surface area contributed by atoms with Crippen LogP contribution in [0.15, 0.2) is 42.9 Å². The highest BCUT2D eigenvalue weighted by atomic mass is 16.5. The van der Waals surface area contributed by atoms with Crippen LogP contribution >= 0.6 is 0 Å². The Balaban J connectivity index is 1.80. The van der Waals surface area contributed by atoms with Crippen molar-refractivity contribution >= 4 is 5.82 Å². The lowest BCUT2D eigenvalue weighted by atomic mass is 10.3. The number of morpholine rings is 1. The van der Waals surface area contributed by atoms with Crippen molar-refractivity contribution in [1.29, 1.82) is 0 Å². The minimum Gasteiger partial charge on any atom is -0.378 e. The fourth-order valence-corrected chi connectivity index (χ4v) is 2.02. The van der Waals surface area contributed by atoms with E-state index >= 15 is 0 Å². The number of pyridine rings is 1. The van der Waals surface area contributed by atoms with Gasteiger partial charge in [0.05, 0.1) is 25.1 Å². The van der Waals surface area contributed by atoms with Gasteiger partial charge in [0.15, 0.2) is 0 Å². The number of rotatable bonds is 2. The van der Waals surface area contributed by atoms with E-state index in [0.29, 0.717) is 0 Å². The van der Waals surface area contributed by atoms with Gasteiger partial charge in [-0.25, -0.2) is 4.98 Å². The molecule has 0 aromatic carbocycles. The largest absolute Gasteiger partial charge is 0.378 e. The summed E-state index contributed by atoms with van der Waals surface area (Å²) in [5.41, 5.74) is 1.09. The number of anilines is 1. The predicted octanol–water partition coefficient (Wildman–Crippen LogP) is 1.71. The van der Waals surface area contributed by atoms with E-state index < -0.39 is 0 Å². The zero-order valence-corrected chi connectivity index (χ0v) is 9.62. The molecule has 0 N–H and O–H groups in total. The molecular formula is C13H15N3O. The summed E-state index contributed by atoms with van der Waals surface area (Å²) in [6, 6.07) is 8.18. The first-order chi connectivity index (χ1) is 8.43. The van der Waals surface area contributed by atoms with Gasteiger partial charge in [0.2, 0.25) is 0 Å². The van der Waals surface area contributed by atoms with Gasteiger partial charge in [-0.15, -0.1) is 0 Å². The van der Waals surface area contributed by atoms with Crippen LogP contribution in [0.5, 0.6) is 0 Å². The molecule has 0 aliphatic carbocycles. The molecule has 17 heavy (non-hydrogen) atoms. The third-order valence-corrected chi connectivity index (χ3v) is 2.97. The Morgan fingerprint density at radius 1 is 1.06 bits per heavy atom. The molecule has 4 heteroatoms. The SMILES string of the molecule is c1ccn(-c2ccc(N3CCOCC3)nc2)c1. The van der Waals surface area contributed by atoms with Crippen LogP contribution in [0.2, 0.25) is 0 Å². The standard InChI is InChI=1S/C13H15N3O/c1-2-6-15(5-1)12-3-4-13(14-11-12)16-7-9-17-10-8-16/h1-6,11H,7-10H2. The van der Waals surface area contributed by atoms with E-state index in [1.54, 1.807) is 0 Å². The Bertz CT molecular complexity index is 458. The molecule has 0 spiro atoms. The summed E-state index contributed by atoms with van der Waals surface area (Å²) >= 11 is 0. The smallest absolute Gasteiger partial charge is 0.128 e. The summed E-state index contributed by atoms with van der Waals surface area (Å²) in [6.45, 7) is 3.44. The lowest BCUT2D eigenvalue weighted by Crippen LogP contribution is -2.36. The normalized spacial score (nSPS) is 16.1. The molecule has 1 fully saturated rings. The summed E-state index contributed by atoms with van der Waals surface area (Å²) in [6.07, 6.45) is 5.95. The Kier molecular flexibility index (Phi) is 2.80. The summed E-state index contributed by atoms with van der Waals surface area (Å²) in [5.74, 6) is 1.03. The molecule has 1 aliphatic heterocycles. The Morgan fingerprint density at radius 2 is 1.82 bits per heavy atom. The number of ether oxygens (including phenoxy) is 1. The molecule has 0 unspecified atom stereocenters. The molecule has 0 radical (unpaired) electrons. The van der Waals surface area contributed by atoms with Crippen LogP contribution < -0.4 is 4.90 Å². The molecule has 88 valence electrons. The second-order valence-electron chi connectivity index (χ2n) is 4.06. The molecule has 2 aromatic heterocycles. The van der Waals surface area contributed by atoms with Crippen molar-refractivity contribution < 1.29 is 4.74 Å². The lowest BCUT2D eigenvalue weighted by molar-refractivity contribution is 0.122. The average Bonchev–Trinajstić information content (AvgIpc) is 2.94. The van der Waals surface area contributed by atoms with E-state index in [4.69, 9.17) is 4.74 Å². The number of hydrogen-bond acceptors (Lipinski definition) is 3. The Labute approximate surface area is 100 Å². The first-order valence-corrected chi connectivity index (χ1v) is 5.85. The molecule has 0 amide bonds. The maximum Gasteiger partial charge on any atom is 0.128 e. The Hall–Kier alpha value is -1.81. The molecule has 0 saturated carbocycles. The third-order valence-electron chi connectivity index (χ3n) is 2.97. The summed E-state index contributed by atoms with van der Waals surface area (Å²) < 4.78 is 7.38. The van der Waals surface area contributed by atoms with E-state index in [-0.39, 0.29) is 0 Å². The summed E-state index contributed by atoms with van der Waals surface area (Å²) in [5, 5.41) is 0. The van der Waals surface area contributed by atoms with Crippen LogP contribution in [-0.2, 0) is 4.74 Å². The second-order valence-corrected chi connectivity index (χ2v) is 4.06. The monoisotopic (exact) mass is 229 g/mol.